The van der Waals surface area contributed by atoms with Crippen LogP contribution < -0.4 is 5.32 Å². The largest absolute Gasteiger partial charge is 0.480 e. The molecule has 3 N–H and O–H groups in total. The molecule has 0 bridgehead atoms. The van der Waals surface area contributed by atoms with Gasteiger partial charge >= 0.3 is 5.97 Å². The van der Waals surface area contributed by atoms with Gasteiger partial charge in [0.1, 0.15) is 6.67 Å². The van der Waals surface area contributed by atoms with Crippen molar-refractivity contribution in [1.29, 1.82) is 0 Å². The van der Waals surface area contributed by atoms with Crippen molar-refractivity contribution >= 4 is 5.97 Å². The number of halogens is 1. The van der Waals surface area contributed by atoms with Crippen LogP contribution in [0.25, 0.3) is 0 Å². The molecule has 5 nitrogen and oxygen atoms in total. The monoisotopic (exact) mass is 201 g/mol. The van der Waals surface area contributed by atoms with Crippen LogP contribution in [0.5, 0.6) is 0 Å². The van der Waals surface area contributed by atoms with Crippen LogP contribution in [-0.4, -0.2) is 40.3 Å². The Morgan fingerprint density at radius 2 is 2.57 bits per heavy atom. The van der Waals surface area contributed by atoms with Crippen molar-refractivity contribution in [2.75, 3.05) is 13.7 Å². The minimum Gasteiger partial charge on any atom is -0.480 e. The van der Waals surface area contributed by atoms with Crippen molar-refractivity contribution < 1.29 is 14.3 Å². The van der Waals surface area contributed by atoms with E-state index in [1.807, 2.05) is 0 Å². The third-order valence-corrected chi connectivity index (χ3v) is 2.16. The highest BCUT2D eigenvalue weighted by Gasteiger charge is 2.37. The maximum Gasteiger partial charge on any atom is 0.327 e. The van der Waals surface area contributed by atoms with E-state index in [1.54, 1.807) is 0 Å². The van der Waals surface area contributed by atoms with Gasteiger partial charge in [0, 0.05) is 18.3 Å². The number of hydrogen-bond acceptors (Lipinski definition) is 3. The zero-order chi connectivity index (χ0) is 10.6. The maximum absolute atomic E-state index is 12.7. The summed E-state index contributed by atoms with van der Waals surface area (Å²) in [6.45, 7) is -0.974. The summed E-state index contributed by atoms with van der Waals surface area (Å²) in [6, 6.07) is 0. The molecule has 0 radical (unpaired) electrons. The summed E-state index contributed by atoms with van der Waals surface area (Å²) in [4.78, 5) is 17.3. The number of imidazole rings is 1. The molecule has 0 spiro atoms. The van der Waals surface area contributed by atoms with E-state index < -0.39 is 18.2 Å². The first kappa shape index (κ1) is 10.6. The lowest BCUT2D eigenvalue weighted by Gasteiger charge is -2.24. The summed E-state index contributed by atoms with van der Waals surface area (Å²) in [5.74, 6) is -1.21. The molecule has 0 aliphatic heterocycles. The Hall–Kier alpha value is -1.43. The molecule has 14 heavy (non-hydrogen) atoms. The molecule has 0 amide bonds. The number of aliphatic carboxylic acids is 1. The molecule has 6 heteroatoms. The highest BCUT2D eigenvalue weighted by molar-refractivity contribution is 5.79. The van der Waals surface area contributed by atoms with Crippen LogP contribution in [0.1, 0.15) is 5.69 Å². The molecule has 1 rings (SSSR count). The first-order valence-electron chi connectivity index (χ1n) is 4.10. The fraction of sp³-hybridized carbons (Fsp3) is 0.500. The SMILES string of the molecule is CN[C@@](CF)(Cc1cnc[nH]1)C(=O)O. The number of carbonyl (C=O) groups is 1. The van der Waals surface area contributed by atoms with Crippen molar-refractivity contribution in [2.45, 2.75) is 12.0 Å². The molecular weight excluding hydrogens is 189 g/mol. The van der Waals surface area contributed by atoms with Crippen LogP contribution in [-0.2, 0) is 11.2 Å². The number of aromatic amines is 1. The van der Waals surface area contributed by atoms with Crippen molar-refractivity contribution in [3.63, 3.8) is 0 Å². The molecule has 78 valence electrons. The number of hydrogen-bond donors (Lipinski definition) is 3. The van der Waals surface area contributed by atoms with Crippen molar-refractivity contribution in [2.24, 2.45) is 0 Å². The zero-order valence-electron chi connectivity index (χ0n) is 7.75. The van der Waals surface area contributed by atoms with Gasteiger partial charge in [-0.25, -0.2) is 9.37 Å². The van der Waals surface area contributed by atoms with Gasteiger partial charge in [-0.05, 0) is 7.05 Å². The quantitative estimate of drug-likeness (QED) is 0.625. The normalized spacial score (nSPS) is 15.0. The Kier molecular flexibility index (Phi) is 3.19. The fourth-order valence-corrected chi connectivity index (χ4v) is 1.15. The van der Waals surface area contributed by atoms with Gasteiger partial charge in [-0.15, -0.1) is 0 Å². The molecule has 1 aromatic heterocycles. The lowest BCUT2D eigenvalue weighted by Crippen LogP contribution is -2.54. The lowest BCUT2D eigenvalue weighted by molar-refractivity contribution is -0.145. The first-order chi connectivity index (χ1) is 6.64. The number of carboxylic acid groups (broad SMARTS) is 1. The molecule has 0 saturated carbocycles. The Morgan fingerprint density at radius 1 is 1.86 bits per heavy atom. The third kappa shape index (κ3) is 1.90. The number of nitrogens with one attached hydrogen (secondary N) is 2. The molecule has 1 aromatic rings. The van der Waals surface area contributed by atoms with Crippen molar-refractivity contribution in [1.82, 2.24) is 15.3 Å². The summed E-state index contributed by atoms with van der Waals surface area (Å²) in [6.07, 6.45) is 2.94. The molecular formula is C8H12FN3O2. The number of aromatic nitrogens is 2. The Bertz CT molecular complexity index is 296. The van der Waals surface area contributed by atoms with Crippen LogP contribution >= 0.6 is 0 Å². The van der Waals surface area contributed by atoms with Crippen LogP contribution in [0.2, 0.25) is 0 Å². The zero-order valence-corrected chi connectivity index (χ0v) is 7.75. The second kappa shape index (κ2) is 4.19. The van der Waals surface area contributed by atoms with E-state index >= 15 is 0 Å². The molecule has 1 atom stereocenters. The van der Waals surface area contributed by atoms with Gasteiger partial charge in [0.2, 0.25) is 0 Å². The summed E-state index contributed by atoms with van der Waals surface area (Å²) in [5, 5.41) is 11.4. The predicted octanol–water partition coefficient (Wildman–Crippen LogP) is -0.0355. The van der Waals surface area contributed by atoms with E-state index in [2.05, 4.69) is 15.3 Å². The first-order valence-corrected chi connectivity index (χ1v) is 4.10. The minimum atomic E-state index is -1.56. The van der Waals surface area contributed by atoms with Gasteiger partial charge in [-0.1, -0.05) is 0 Å². The second-order valence-corrected chi connectivity index (χ2v) is 3.02. The average Bonchev–Trinajstić information content (AvgIpc) is 2.66. The summed E-state index contributed by atoms with van der Waals surface area (Å²) in [7, 11) is 1.42. The smallest absolute Gasteiger partial charge is 0.327 e. The van der Waals surface area contributed by atoms with Crippen LogP contribution in [0.15, 0.2) is 12.5 Å². The van der Waals surface area contributed by atoms with Gasteiger partial charge in [-0.2, -0.15) is 0 Å². The molecule has 0 unspecified atom stereocenters. The molecule has 0 aliphatic rings. The van der Waals surface area contributed by atoms with E-state index in [-0.39, 0.29) is 6.42 Å². The lowest BCUT2D eigenvalue weighted by atomic mass is 9.95. The summed E-state index contributed by atoms with van der Waals surface area (Å²) >= 11 is 0. The molecule has 0 aromatic carbocycles. The number of rotatable bonds is 5. The molecule has 0 saturated heterocycles. The number of likely N-dealkylation sites (N-methyl/N-ethyl adjacent to an activating group) is 1. The highest BCUT2D eigenvalue weighted by atomic mass is 19.1. The van der Waals surface area contributed by atoms with E-state index in [9.17, 15) is 9.18 Å². The number of carboxylic acids is 1. The van der Waals surface area contributed by atoms with Gasteiger partial charge in [0.15, 0.2) is 5.54 Å². The average molecular weight is 201 g/mol. The van der Waals surface area contributed by atoms with Crippen molar-refractivity contribution in [3.8, 4) is 0 Å². The Balaban J connectivity index is 2.83. The molecule has 1 heterocycles. The highest BCUT2D eigenvalue weighted by Crippen LogP contribution is 2.12. The number of H-pyrrole nitrogens is 1. The predicted molar refractivity (Wildman–Crippen MR) is 47.7 cm³/mol. The van der Waals surface area contributed by atoms with Gasteiger partial charge in [-0.3, -0.25) is 4.79 Å². The second-order valence-electron chi connectivity index (χ2n) is 3.02. The molecule has 0 fully saturated rings. The minimum absolute atomic E-state index is 0.0370. The van der Waals surface area contributed by atoms with Crippen LogP contribution in [0.3, 0.4) is 0 Å². The van der Waals surface area contributed by atoms with Gasteiger partial charge in [0.05, 0.1) is 6.33 Å². The topological polar surface area (TPSA) is 78.0 Å². The summed E-state index contributed by atoms with van der Waals surface area (Å²) < 4.78 is 12.7. The van der Waals surface area contributed by atoms with Crippen LogP contribution in [0.4, 0.5) is 4.39 Å². The fourth-order valence-electron chi connectivity index (χ4n) is 1.15. The van der Waals surface area contributed by atoms with Crippen molar-refractivity contribution in [3.05, 3.63) is 18.2 Å². The van der Waals surface area contributed by atoms with E-state index in [0.29, 0.717) is 5.69 Å². The van der Waals surface area contributed by atoms with E-state index in [4.69, 9.17) is 5.11 Å². The molecule has 0 aliphatic carbocycles. The van der Waals surface area contributed by atoms with Gasteiger partial charge in [0.25, 0.3) is 0 Å². The van der Waals surface area contributed by atoms with E-state index in [0.717, 1.165) is 0 Å². The maximum atomic E-state index is 12.7. The van der Waals surface area contributed by atoms with Crippen LogP contribution in [0, 0.1) is 0 Å². The van der Waals surface area contributed by atoms with Gasteiger partial charge < -0.3 is 15.4 Å². The Morgan fingerprint density at radius 3 is 2.93 bits per heavy atom. The number of alkyl halides is 1. The van der Waals surface area contributed by atoms with E-state index in [1.165, 1.54) is 19.6 Å². The number of nitrogens with zero attached hydrogens (tertiary/aromatic N) is 1. The standard InChI is InChI=1S/C8H12FN3O2/c1-10-8(4-9,7(13)14)2-6-3-11-5-12-6/h3,5,10H,2,4H2,1H3,(H,11,12)(H,13,14)/t8-/m1/s1. The summed E-state index contributed by atoms with van der Waals surface area (Å²) in [5.41, 5.74) is -0.980. The Labute approximate surface area is 80.4 Å². The third-order valence-electron chi connectivity index (χ3n) is 2.16.